The van der Waals surface area contributed by atoms with Crippen molar-refractivity contribution in [2.75, 3.05) is 5.32 Å². The molecule has 6 nitrogen and oxygen atoms in total. The first-order chi connectivity index (χ1) is 12.2. The number of amides is 1. The van der Waals surface area contributed by atoms with E-state index in [1.54, 1.807) is 12.4 Å². The maximum absolute atomic E-state index is 12.1. The molecule has 2 aromatic heterocycles. The summed E-state index contributed by atoms with van der Waals surface area (Å²) in [5.74, 6) is 0.286. The van der Waals surface area contributed by atoms with Gasteiger partial charge < -0.3 is 10.6 Å². The van der Waals surface area contributed by atoms with Crippen LogP contribution in [0.5, 0.6) is 0 Å². The van der Waals surface area contributed by atoms with E-state index in [4.69, 9.17) is 0 Å². The van der Waals surface area contributed by atoms with E-state index in [9.17, 15) is 4.79 Å². The highest BCUT2D eigenvalue weighted by Crippen LogP contribution is 2.07. The lowest BCUT2D eigenvalue weighted by Crippen LogP contribution is -2.23. The van der Waals surface area contributed by atoms with Crippen molar-refractivity contribution in [3.05, 3.63) is 83.4 Å². The molecule has 1 amide bonds. The van der Waals surface area contributed by atoms with Gasteiger partial charge in [-0.2, -0.15) is 0 Å². The molecule has 2 heterocycles. The van der Waals surface area contributed by atoms with Crippen molar-refractivity contribution in [2.24, 2.45) is 0 Å². The molecule has 0 radical (unpaired) electrons. The van der Waals surface area contributed by atoms with Crippen molar-refractivity contribution in [3.63, 3.8) is 0 Å². The lowest BCUT2D eigenvalue weighted by molar-refractivity contribution is 0.0950. The summed E-state index contributed by atoms with van der Waals surface area (Å²) < 4.78 is 0. The van der Waals surface area contributed by atoms with E-state index >= 15 is 0 Å². The molecule has 25 heavy (non-hydrogen) atoms. The van der Waals surface area contributed by atoms with Crippen LogP contribution in [-0.4, -0.2) is 20.9 Å². The summed E-state index contributed by atoms with van der Waals surface area (Å²) in [6, 6.07) is 11.9. The van der Waals surface area contributed by atoms with Gasteiger partial charge in [-0.15, -0.1) is 0 Å². The van der Waals surface area contributed by atoms with Crippen LogP contribution in [0.25, 0.3) is 0 Å². The van der Waals surface area contributed by atoms with Crippen molar-refractivity contribution in [1.82, 2.24) is 20.3 Å². The Bertz CT molecular complexity index is 834. The zero-order valence-corrected chi connectivity index (χ0v) is 13.9. The third kappa shape index (κ3) is 4.84. The molecule has 0 atom stereocenters. The Balaban J connectivity index is 1.53. The van der Waals surface area contributed by atoms with Crippen LogP contribution in [0.4, 0.5) is 5.95 Å². The summed E-state index contributed by atoms with van der Waals surface area (Å²) in [5, 5.41) is 5.98. The number of aryl methyl sites for hydroxylation is 1. The number of hydrogen-bond acceptors (Lipinski definition) is 5. The topological polar surface area (TPSA) is 79.8 Å². The number of nitrogens with zero attached hydrogens (tertiary/aromatic N) is 3. The Hall–Kier alpha value is -3.28. The third-order valence-electron chi connectivity index (χ3n) is 3.65. The summed E-state index contributed by atoms with van der Waals surface area (Å²) >= 11 is 0. The summed E-state index contributed by atoms with van der Waals surface area (Å²) in [4.78, 5) is 24.5. The largest absolute Gasteiger partial charge is 0.350 e. The first-order valence-electron chi connectivity index (χ1n) is 7.99. The van der Waals surface area contributed by atoms with E-state index in [2.05, 4.69) is 44.6 Å². The highest BCUT2D eigenvalue weighted by Gasteiger charge is 2.07. The van der Waals surface area contributed by atoms with Crippen LogP contribution >= 0.6 is 0 Å². The van der Waals surface area contributed by atoms with E-state index < -0.39 is 0 Å². The third-order valence-corrected chi connectivity index (χ3v) is 3.65. The Morgan fingerprint density at radius 1 is 1.00 bits per heavy atom. The van der Waals surface area contributed by atoms with E-state index in [0.717, 1.165) is 11.1 Å². The molecule has 0 aliphatic carbocycles. The normalized spacial score (nSPS) is 10.3. The fraction of sp³-hybridized carbons (Fsp3) is 0.158. The molecular formula is C19H19N5O. The molecule has 0 saturated heterocycles. The zero-order chi connectivity index (χ0) is 17.5. The molecule has 6 heteroatoms. The van der Waals surface area contributed by atoms with Gasteiger partial charge in [-0.25, -0.2) is 9.97 Å². The molecule has 0 aliphatic rings. The van der Waals surface area contributed by atoms with Crippen LogP contribution < -0.4 is 10.6 Å². The number of benzene rings is 1. The number of carbonyl (C=O) groups is 1. The second-order valence-electron chi connectivity index (χ2n) is 5.68. The predicted molar refractivity (Wildman–Crippen MR) is 95.9 cm³/mol. The van der Waals surface area contributed by atoms with Crippen molar-refractivity contribution < 1.29 is 4.79 Å². The predicted octanol–water partition coefficient (Wildman–Crippen LogP) is 2.72. The van der Waals surface area contributed by atoms with Crippen molar-refractivity contribution in [2.45, 2.75) is 20.0 Å². The van der Waals surface area contributed by atoms with E-state index in [1.165, 1.54) is 18.0 Å². The van der Waals surface area contributed by atoms with Gasteiger partial charge in [0.2, 0.25) is 5.95 Å². The van der Waals surface area contributed by atoms with E-state index in [1.807, 2.05) is 24.3 Å². The van der Waals surface area contributed by atoms with Gasteiger partial charge in [0.05, 0.1) is 5.56 Å². The average Bonchev–Trinajstić information content (AvgIpc) is 2.66. The summed E-state index contributed by atoms with van der Waals surface area (Å²) in [6.07, 6.45) is 6.43. The Morgan fingerprint density at radius 3 is 2.48 bits per heavy atom. The van der Waals surface area contributed by atoms with Crippen molar-refractivity contribution >= 4 is 11.9 Å². The fourth-order valence-electron chi connectivity index (χ4n) is 2.32. The quantitative estimate of drug-likeness (QED) is 0.725. The number of pyridine rings is 1. The van der Waals surface area contributed by atoms with Crippen LogP contribution in [-0.2, 0) is 13.1 Å². The maximum Gasteiger partial charge on any atom is 0.254 e. The van der Waals surface area contributed by atoms with Crippen LogP contribution in [0.15, 0.2) is 61.2 Å². The molecule has 0 unspecified atom stereocenters. The maximum atomic E-state index is 12.1. The van der Waals surface area contributed by atoms with Gasteiger partial charge in [0.15, 0.2) is 0 Å². The van der Waals surface area contributed by atoms with Gasteiger partial charge in [-0.1, -0.05) is 29.8 Å². The first-order valence-corrected chi connectivity index (χ1v) is 7.99. The minimum atomic E-state index is -0.206. The molecule has 0 saturated carbocycles. The molecule has 2 N–H and O–H groups in total. The molecule has 3 aromatic rings. The fourth-order valence-corrected chi connectivity index (χ4v) is 2.32. The zero-order valence-electron chi connectivity index (χ0n) is 13.9. The molecule has 1 aromatic carbocycles. The van der Waals surface area contributed by atoms with E-state index in [0.29, 0.717) is 24.6 Å². The van der Waals surface area contributed by atoms with Crippen LogP contribution in [0.1, 0.15) is 27.0 Å². The highest BCUT2D eigenvalue weighted by molar-refractivity contribution is 5.93. The minimum Gasteiger partial charge on any atom is -0.350 e. The number of nitrogens with one attached hydrogen (secondary N) is 2. The lowest BCUT2D eigenvalue weighted by atomic mass is 10.1. The number of carbonyl (C=O) groups excluding carboxylic acids is 1. The second-order valence-corrected chi connectivity index (χ2v) is 5.68. The number of rotatable bonds is 6. The first kappa shape index (κ1) is 16.6. The number of anilines is 1. The molecule has 0 bridgehead atoms. The standard InChI is InChI=1S/C19H19N5O/c1-14-3-2-4-16(9-14)11-22-19-23-12-17(13-24-19)18(25)21-10-15-5-7-20-8-6-15/h2-9,12-13H,10-11H2,1H3,(H,21,25)(H,22,23,24). The SMILES string of the molecule is Cc1cccc(CNc2ncc(C(=O)NCc3ccncc3)cn2)c1. The van der Waals surface area contributed by atoms with Gasteiger partial charge in [0.25, 0.3) is 5.91 Å². The molecule has 3 rings (SSSR count). The van der Waals surface area contributed by atoms with Gasteiger partial charge in [0.1, 0.15) is 0 Å². The lowest BCUT2D eigenvalue weighted by Gasteiger charge is -2.07. The molecule has 0 spiro atoms. The Labute approximate surface area is 146 Å². The number of aromatic nitrogens is 3. The van der Waals surface area contributed by atoms with Crippen LogP contribution in [0, 0.1) is 6.92 Å². The van der Waals surface area contributed by atoms with Gasteiger partial charge in [-0.05, 0) is 30.2 Å². The minimum absolute atomic E-state index is 0.206. The van der Waals surface area contributed by atoms with Gasteiger partial charge in [-0.3, -0.25) is 9.78 Å². The van der Waals surface area contributed by atoms with E-state index in [-0.39, 0.29) is 5.91 Å². The average molecular weight is 333 g/mol. The second kappa shape index (κ2) is 8.01. The van der Waals surface area contributed by atoms with Gasteiger partial charge in [0, 0.05) is 37.9 Å². The molecular weight excluding hydrogens is 314 g/mol. The highest BCUT2D eigenvalue weighted by atomic mass is 16.1. The Morgan fingerprint density at radius 2 is 1.76 bits per heavy atom. The smallest absolute Gasteiger partial charge is 0.254 e. The summed E-state index contributed by atoms with van der Waals surface area (Å²) in [5.41, 5.74) is 3.78. The van der Waals surface area contributed by atoms with Crippen LogP contribution in [0.2, 0.25) is 0 Å². The van der Waals surface area contributed by atoms with Gasteiger partial charge >= 0.3 is 0 Å². The molecule has 0 aliphatic heterocycles. The number of hydrogen-bond donors (Lipinski definition) is 2. The Kier molecular flexibility index (Phi) is 5.31. The molecule has 126 valence electrons. The molecule has 0 fully saturated rings. The van der Waals surface area contributed by atoms with Crippen LogP contribution in [0.3, 0.4) is 0 Å². The van der Waals surface area contributed by atoms with Crippen molar-refractivity contribution in [3.8, 4) is 0 Å². The summed E-state index contributed by atoms with van der Waals surface area (Å²) in [6.45, 7) is 3.13. The monoisotopic (exact) mass is 333 g/mol. The summed E-state index contributed by atoms with van der Waals surface area (Å²) in [7, 11) is 0. The van der Waals surface area contributed by atoms with Crippen molar-refractivity contribution in [1.29, 1.82) is 0 Å².